The molecule has 118 valence electrons. The van der Waals surface area contributed by atoms with Crippen LogP contribution in [0.1, 0.15) is 41.5 Å². The summed E-state index contributed by atoms with van der Waals surface area (Å²) in [4.78, 5) is 12.6. The Hall–Kier alpha value is -0.453. The van der Waals surface area contributed by atoms with Crippen LogP contribution in [0.25, 0.3) is 0 Å². The lowest BCUT2D eigenvalue weighted by molar-refractivity contribution is -0.140. The highest BCUT2D eigenvalue weighted by Gasteiger charge is 2.39. The van der Waals surface area contributed by atoms with Gasteiger partial charge in [-0.1, -0.05) is 25.5 Å². The molecule has 0 aliphatic rings. The van der Waals surface area contributed by atoms with Crippen molar-refractivity contribution in [3.05, 3.63) is 11.6 Å². The van der Waals surface area contributed by atoms with Crippen LogP contribution < -0.4 is 0 Å². The van der Waals surface area contributed by atoms with Crippen LogP contribution in [0.5, 0.6) is 0 Å². The highest BCUT2D eigenvalue weighted by molar-refractivity contribution is 6.70. The lowest BCUT2D eigenvalue weighted by Gasteiger charge is -2.35. The smallest absolute Gasteiger partial charge is 0.185 e. The van der Waals surface area contributed by atoms with E-state index in [9.17, 15) is 9.90 Å². The fourth-order valence-electron chi connectivity index (χ4n) is 2.60. The summed E-state index contributed by atoms with van der Waals surface area (Å²) >= 11 is 0. The average molecular weight is 301 g/mol. The summed E-state index contributed by atoms with van der Waals surface area (Å²) in [6.45, 7) is 17.5. The second-order valence-electron chi connectivity index (χ2n) is 7.47. The maximum absolute atomic E-state index is 12.6. The summed E-state index contributed by atoms with van der Waals surface area (Å²) in [5, 5.41) is 10.4. The van der Waals surface area contributed by atoms with E-state index in [2.05, 4.69) is 19.6 Å². The normalized spacial score (nSPS) is 17.3. The van der Waals surface area contributed by atoms with E-state index in [1.54, 1.807) is 6.92 Å². The fraction of sp³-hybridized carbons (Fsp3) is 0.812. The number of allylic oxidation sites excluding steroid dienone is 1. The number of carbonyl (C=O) groups excluding carboxylic acids is 1. The van der Waals surface area contributed by atoms with Crippen molar-refractivity contribution in [1.82, 2.24) is 0 Å². The van der Waals surface area contributed by atoms with Gasteiger partial charge in [0.2, 0.25) is 0 Å². The van der Waals surface area contributed by atoms with Gasteiger partial charge in [-0.2, -0.15) is 0 Å². The molecule has 0 bridgehead atoms. The van der Waals surface area contributed by atoms with Crippen molar-refractivity contribution >= 4 is 14.1 Å². The van der Waals surface area contributed by atoms with E-state index >= 15 is 0 Å². The molecule has 0 aromatic rings. The third-order valence-corrected chi connectivity index (χ3v) is 4.34. The number of hydrogen-bond acceptors (Lipinski definition) is 3. The Balaban J connectivity index is 4.97. The van der Waals surface area contributed by atoms with Crippen LogP contribution in [0.2, 0.25) is 19.6 Å². The Morgan fingerprint density at radius 2 is 1.65 bits per heavy atom. The quantitative estimate of drug-likeness (QED) is 0.575. The van der Waals surface area contributed by atoms with Gasteiger partial charge in [0.1, 0.15) is 5.60 Å². The molecule has 0 spiro atoms. The van der Waals surface area contributed by atoms with Gasteiger partial charge >= 0.3 is 0 Å². The lowest BCUT2D eigenvalue weighted by Crippen LogP contribution is -2.49. The van der Waals surface area contributed by atoms with Crippen molar-refractivity contribution in [2.45, 2.75) is 72.9 Å². The molecule has 3 atom stereocenters. The third kappa shape index (κ3) is 6.33. The largest absolute Gasteiger partial charge is 0.406 e. The fourth-order valence-corrected chi connectivity index (χ4v) is 4.23. The summed E-state index contributed by atoms with van der Waals surface area (Å²) < 4.78 is 5.98. The first-order valence-corrected chi connectivity index (χ1v) is 10.8. The van der Waals surface area contributed by atoms with Gasteiger partial charge in [0.25, 0.3) is 0 Å². The van der Waals surface area contributed by atoms with Gasteiger partial charge in [-0.15, -0.1) is 0 Å². The Morgan fingerprint density at radius 3 is 2.00 bits per heavy atom. The van der Waals surface area contributed by atoms with Crippen molar-refractivity contribution < 1.29 is 14.3 Å². The maximum Gasteiger partial charge on any atom is 0.185 e. The van der Waals surface area contributed by atoms with E-state index in [0.717, 1.165) is 5.57 Å². The van der Waals surface area contributed by atoms with Crippen LogP contribution >= 0.6 is 0 Å². The molecule has 0 amide bonds. The minimum absolute atomic E-state index is 0.0265. The molecule has 0 aromatic heterocycles. The Morgan fingerprint density at radius 1 is 1.20 bits per heavy atom. The molecule has 1 N–H and O–H groups in total. The van der Waals surface area contributed by atoms with Crippen molar-refractivity contribution in [3.8, 4) is 0 Å². The summed E-state index contributed by atoms with van der Waals surface area (Å²) in [5.74, 6) is -0.505. The van der Waals surface area contributed by atoms with Crippen molar-refractivity contribution in [3.63, 3.8) is 0 Å². The van der Waals surface area contributed by atoms with Gasteiger partial charge < -0.3 is 9.53 Å². The Bertz CT molecular complexity index is 362. The average Bonchev–Trinajstić information content (AvgIpc) is 2.21. The Labute approximate surface area is 125 Å². The number of ketones is 1. The van der Waals surface area contributed by atoms with Gasteiger partial charge in [-0.05, 0) is 47.3 Å². The minimum Gasteiger partial charge on any atom is -0.406 e. The molecule has 20 heavy (non-hydrogen) atoms. The monoisotopic (exact) mass is 300 g/mol. The number of hydrogen-bond donors (Lipinski definition) is 1. The first kappa shape index (κ1) is 19.5. The molecule has 0 aromatic carbocycles. The second-order valence-corrected chi connectivity index (χ2v) is 11.9. The Kier molecular flexibility index (Phi) is 6.85. The lowest BCUT2D eigenvalue weighted by atomic mass is 9.84. The predicted molar refractivity (Wildman–Crippen MR) is 87.3 cm³/mol. The molecule has 0 aliphatic heterocycles. The first-order valence-electron chi connectivity index (χ1n) is 7.35. The van der Waals surface area contributed by atoms with Gasteiger partial charge in [-0.25, -0.2) is 0 Å². The zero-order valence-electron chi connectivity index (χ0n) is 14.6. The molecule has 0 saturated heterocycles. The molecular weight excluding hydrogens is 268 g/mol. The van der Waals surface area contributed by atoms with Gasteiger partial charge in [0.15, 0.2) is 14.1 Å². The van der Waals surface area contributed by atoms with E-state index in [1.807, 2.05) is 40.7 Å². The minimum atomic E-state index is -1.80. The number of rotatable bonds is 7. The van der Waals surface area contributed by atoms with E-state index in [0.29, 0.717) is 0 Å². The zero-order valence-corrected chi connectivity index (χ0v) is 15.6. The molecule has 0 fully saturated rings. The van der Waals surface area contributed by atoms with E-state index < -0.39 is 25.9 Å². The summed E-state index contributed by atoms with van der Waals surface area (Å²) in [5.41, 5.74) is 0.309. The second kappa shape index (κ2) is 7.01. The van der Waals surface area contributed by atoms with Crippen LogP contribution in [0.3, 0.4) is 0 Å². The third-order valence-electron chi connectivity index (χ3n) is 3.22. The molecule has 4 heteroatoms. The number of Topliss-reactive ketones (excluding diaryl/α,β-unsaturated/α-hetero) is 1. The van der Waals surface area contributed by atoms with Crippen molar-refractivity contribution in [2.24, 2.45) is 11.8 Å². The standard InChI is InChI=1S/C16H32O3Si/c1-11(2)10-12(3)14(17)13(4)15(18)16(5,6)19-20(7,8)9/h10,12-14,17H,1-9H3/t12-,13+,14-/m0/s1. The van der Waals surface area contributed by atoms with Gasteiger partial charge in [0.05, 0.1) is 6.10 Å². The molecule has 0 unspecified atom stereocenters. The first-order chi connectivity index (χ1) is 8.78. The van der Waals surface area contributed by atoms with Crippen LogP contribution in [-0.4, -0.2) is 30.9 Å². The van der Waals surface area contributed by atoms with E-state index in [4.69, 9.17) is 4.43 Å². The number of aliphatic hydroxyl groups is 1. The van der Waals surface area contributed by atoms with Gasteiger partial charge in [-0.3, -0.25) is 4.79 Å². The summed E-state index contributed by atoms with van der Waals surface area (Å²) in [6.07, 6.45) is 1.32. The van der Waals surface area contributed by atoms with Crippen LogP contribution in [0.4, 0.5) is 0 Å². The van der Waals surface area contributed by atoms with Gasteiger partial charge in [0, 0.05) is 11.8 Å². The van der Waals surface area contributed by atoms with Crippen LogP contribution in [-0.2, 0) is 9.22 Å². The summed E-state index contributed by atoms with van der Waals surface area (Å²) in [6, 6.07) is 0. The topological polar surface area (TPSA) is 46.5 Å². The van der Waals surface area contributed by atoms with Crippen molar-refractivity contribution in [2.75, 3.05) is 0 Å². The van der Waals surface area contributed by atoms with E-state index in [-0.39, 0.29) is 11.7 Å². The highest BCUT2D eigenvalue weighted by Crippen LogP contribution is 2.26. The maximum atomic E-state index is 12.6. The molecule has 0 radical (unpaired) electrons. The summed E-state index contributed by atoms with van der Waals surface area (Å²) in [7, 11) is -1.80. The molecule has 3 nitrogen and oxygen atoms in total. The molecule has 0 rings (SSSR count). The predicted octanol–water partition coefficient (Wildman–Crippen LogP) is 3.78. The van der Waals surface area contributed by atoms with E-state index in [1.165, 1.54) is 0 Å². The van der Waals surface area contributed by atoms with Crippen molar-refractivity contribution in [1.29, 1.82) is 0 Å². The highest BCUT2D eigenvalue weighted by atomic mass is 28.4. The molecular formula is C16H32O3Si. The zero-order chi connectivity index (χ0) is 16.3. The number of aliphatic hydroxyl groups excluding tert-OH is 1. The molecule has 0 aliphatic carbocycles. The number of carbonyl (C=O) groups is 1. The SMILES string of the molecule is CC(C)=C[C@H](C)[C@H](O)[C@@H](C)C(=O)C(C)(C)O[Si](C)(C)C. The van der Waals surface area contributed by atoms with Crippen LogP contribution in [0, 0.1) is 11.8 Å². The van der Waals surface area contributed by atoms with Crippen LogP contribution in [0.15, 0.2) is 11.6 Å². The molecule has 0 heterocycles. The molecule has 0 saturated carbocycles.